The van der Waals surface area contributed by atoms with Crippen molar-refractivity contribution in [3.63, 3.8) is 0 Å². The minimum Gasteiger partial charge on any atom is -0.205 e. The minimum atomic E-state index is -2.35. The average molecular weight is 247 g/mol. The quantitative estimate of drug-likeness (QED) is 0.732. The highest BCUT2D eigenvalue weighted by molar-refractivity contribution is 9.10. The van der Waals surface area contributed by atoms with Crippen molar-refractivity contribution in [2.45, 2.75) is 25.2 Å². The van der Waals surface area contributed by atoms with Gasteiger partial charge in [0.1, 0.15) is 0 Å². The molecule has 1 aliphatic carbocycles. The van der Waals surface area contributed by atoms with Gasteiger partial charge in [-0.3, -0.25) is 0 Å². The highest BCUT2D eigenvalue weighted by Gasteiger charge is 2.28. The Kier molecular flexibility index (Phi) is 2.37. The van der Waals surface area contributed by atoms with Crippen LogP contribution in [0.3, 0.4) is 0 Å². The standard InChI is InChI=1S/C10H9BrF2/c11-7-3-4-8(6-1-2-6)9(5-7)10(12)13/h3-6,10H,1-2H2. The molecular formula is C10H9BrF2. The summed E-state index contributed by atoms with van der Waals surface area (Å²) in [6, 6.07) is 5.17. The summed E-state index contributed by atoms with van der Waals surface area (Å²) in [5.74, 6) is 0.386. The van der Waals surface area contributed by atoms with E-state index in [0.29, 0.717) is 5.92 Å². The van der Waals surface area contributed by atoms with Gasteiger partial charge >= 0.3 is 0 Å². The first-order valence-electron chi connectivity index (χ1n) is 4.26. The van der Waals surface area contributed by atoms with Gasteiger partial charge in [-0.2, -0.15) is 0 Å². The molecule has 0 unspecified atom stereocenters. The fourth-order valence-electron chi connectivity index (χ4n) is 1.50. The lowest BCUT2D eigenvalue weighted by Gasteiger charge is -2.07. The minimum absolute atomic E-state index is 0.192. The molecule has 2 rings (SSSR count). The molecule has 1 fully saturated rings. The SMILES string of the molecule is FC(F)c1cc(Br)ccc1C1CC1. The Morgan fingerprint density at radius 2 is 2.00 bits per heavy atom. The van der Waals surface area contributed by atoms with E-state index in [0.717, 1.165) is 22.9 Å². The molecule has 0 N–H and O–H groups in total. The first-order chi connectivity index (χ1) is 6.18. The van der Waals surface area contributed by atoms with E-state index in [9.17, 15) is 8.78 Å². The van der Waals surface area contributed by atoms with Crippen molar-refractivity contribution < 1.29 is 8.78 Å². The third-order valence-electron chi connectivity index (χ3n) is 2.30. The van der Waals surface area contributed by atoms with Gasteiger partial charge in [0.15, 0.2) is 0 Å². The van der Waals surface area contributed by atoms with Crippen molar-refractivity contribution in [3.8, 4) is 0 Å². The Labute approximate surface area is 84.1 Å². The highest BCUT2D eigenvalue weighted by Crippen LogP contribution is 2.44. The van der Waals surface area contributed by atoms with E-state index in [1.165, 1.54) is 6.07 Å². The van der Waals surface area contributed by atoms with Gasteiger partial charge in [0.2, 0.25) is 0 Å². The van der Waals surface area contributed by atoms with Crippen LogP contribution < -0.4 is 0 Å². The van der Waals surface area contributed by atoms with E-state index in [-0.39, 0.29) is 5.56 Å². The third-order valence-corrected chi connectivity index (χ3v) is 2.79. The molecular weight excluding hydrogens is 238 g/mol. The fourth-order valence-corrected chi connectivity index (χ4v) is 1.88. The summed E-state index contributed by atoms with van der Waals surface area (Å²) in [6.07, 6.45) is -0.240. The lowest BCUT2D eigenvalue weighted by Crippen LogP contribution is -1.92. The van der Waals surface area contributed by atoms with Gasteiger partial charge < -0.3 is 0 Å². The van der Waals surface area contributed by atoms with Crippen LogP contribution in [0.5, 0.6) is 0 Å². The van der Waals surface area contributed by atoms with Crippen molar-refractivity contribution in [1.29, 1.82) is 0 Å². The zero-order valence-electron chi connectivity index (χ0n) is 6.93. The zero-order valence-corrected chi connectivity index (χ0v) is 8.52. The molecule has 13 heavy (non-hydrogen) atoms. The topological polar surface area (TPSA) is 0 Å². The predicted molar refractivity (Wildman–Crippen MR) is 51.1 cm³/mol. The summed E-state index contributed by atoms with van der Waals surface area (Å²) >= 11 is 3.20. The largest absolute Gasteiger partial charge is 0.264 e. The van der Waals surface area contributed by atoms with Crippen LogP contribution in [0.1, 0.15) is 36.3 Å². The van der Waals surface area contributed by atoms with Gasteiger partial charge in [0.25, 0.3) is 6.43 Å². The summed E-state index contributed by atoms with van der Waals surface area (Å²) < 4.78 is 25.9. The number of hydrogen-bond donors (Lipinski definition) is 0. The van der Waals surface area contributed by atoms with E-state index in [4.69, 9.17) is 0 Å². The number of benzene rings is 1. The Balaban J connectivity index is 2.41. The number of alkyl halides is 2. The molecule has 0 aromatic heterocycles. The van der Waals surface area contributed by atoms with Crippen LogP contribution in [0.25, 0.3) is 0 Å². The molecule has 1 aliphatic rings. The smallest absolute Gasteiger partial charge is 0.205 e. The predicted octanol–water partition coefficient (Wildman–Crippen LogP) is 4.26. The lowest BCUT2D eigenvalue weighted by molar-refractivity contribution is 0.150. The summed E-state index contributed by atoms with van der Waals surface area (Å²) in [6.45, 7) is 0. The van der Waals surface area contributed by atoms with E-state index in [2.05, 4.69) is 15.9 Å². The maximum atomic E-state index is 12.6. The molecule has 0 nitrogen and oxygen atoms in total. The molecule has 3 heteroatoms. The fraction of sp³-hybridized carbons (Fsp3) is 0.400. The molecule has 0 bridgehead atoms. The molecule has 70 valence electrons. The average Bonchev–Trinajstić information content (AvgIpc) is 2.87. The summed E-state index contributed by atoms with van der Waals surface area (Å²) in [5.41, 5.74) is 1.02. The number of hydrogen-bond acceptors (Lipinski definition) is 0. The van der Waals surface area contributed by atoms with Gasteiger partial charge in [-0.25, -0.2) is 8.78 Å². The van der Waals surface area contributed by atoms with Crippen molar-refractivity contribution >= 4 is 15.9 Å². The lowest BCUT2D eigenvalue weighted by atomic mass is 10.0. The van der Waals surface area contributed by atoms with Gasteiger partial charge in [-0.05, 0) is 36.5 Å². The summed E-state index contributed by atoms with van der Waals surface area (Å²) in [5, 5.41) is 0. The summed E-state index contributed by atoms with van der Waals surface area (Å²) in [7, 11) is 0. The van der Waals surface area contributed by atoms with Gasteiger partial charge in [0, 0.05) is 10.0 Å². The molecule has 0 radical (unpaired) electrons. The number of rotatable bonds is 2. The van der Waals surface area contributed by atoms with Crippen molar-refractivity contribution in [2.75, 3.05) is 0 Å². The Hall–Kier alpha value is -0.440. The second-order valence-corrected chi connectivity index (χ2v) is 4.26. The zero-order chi connectivity index (χ0) is 9.42. The van der Waals surface area contributed by atoms with Crippen molar-refractivity contribution in [1.82, 2.24) is 0 Å². The molecule has 1 aromatic carbocycles. The maximum Gasteiger partial charge on any atom is 0.264 e. The molecule has 0 heterocycles. The molecule has 1 aromatic rings. The molecule has 0 aliphatic heterocycles. The maximum absolute atomic E-state index is 12.6. The first-order valence-corrected chi connectivity index (χ1v) is 5.05. The van der Waals surface area contributed by atoms with E-state index >= 15 is 0 Å². The second-order valence-electron chi connectivity index (χ2n) is 3.35. The number of halogens is 3. The molecule has 0 amide bonds. The van der Waals surface area contributed by atoms with Crippen LogP contribution in [0, 0.1) is 0 Å². The first kappa shape index (κ1) is 9.13. The molecule has 1 saturated carbocycles. The van der Waals surface area contributed by atoms with Crippen LogP contribution in [0.4, 0.5) is 8.78 Å². The Bertz CT molecular complexity index is 319. The van der Waals surface area contributed by atoms with Crippen LogP contribution in [-0.2, 0) is 0 Å². The van der Waals surface area contributed by atoms with E-state index < -0.39 is 6.43 Å². The normalized spacial score (nSPS) is 16.6. The van der Waals surface area contributed by atoms with Crippen LogP contribution in [0.15, 0.2) is 22.7 Å². The molecule has 0 spiro atoms. The van der Waals surface area contributed by atoms with Crippen LogP contribution in [0.2, 0.25) is 0 Å². The molecule has 0 atom stereocenters. The summed E-state index contributed by atoms with van der Waals surface area (Å²) in [4.78, 5) is 0. The van der Waals surface area contributed by atoms with E-state index in [1.54, 1.807) is 0 Å². The van der Waals surface area contributed by atoms with Crippen molar-refractivity contribution in [3.05, 3.63) is 33.8 Å². The van der Waals surface area contributed by atoms with Crippen molar-refractivity contribution in [2.24, 2.45) is 0 Å². The highest BCUT2D eigenvalue weighted by atomic mass is 79.9. The van der Waals surface area contributed by atoms with E-state index in [1.807, 2.05) is 12.1 Å². The van der Waals surface area contributed by atoms with Crippen LogP contribution in [-0.4, -0.2) is 0 Å². The molecule has 0 saturated heterocycles. The van der Waals surface area contributed by atoms with Gasteiger partial charge in [0.05, 0.1) is 0 Å². The third kappa shape index (κ3) is 1.90. The van der Waals surface area contributed by atoms with Crippen LogP contribution >= 0.6 is 15.9 Å². The monoisotopic (exact) mass is 246 g/mol. The Morgan fingerprint density at radius 1 is 1.31 bits per heavy atom. The van der Waals surface area contributed by atoms with Gasteiger partial charge in [-0.15, -0.1) is 0 Å². The Morgan fingerprint density at radius 3 is 2.54 bits per heavy atom. The second kappa shape index (κ2) is 3.37. The van der Waals surface area contributed by atoms with Gasteiger partial charge in [-0.1, -0.05) is 22.0 Å².